The fraction of sp³-hybridized carbons (Fsp3) is 0.455. The number of nitrogens with zero attached hydrogens (tertiary/aromatic N) is 11. The fourth-order valence-electron chi connectivity index (χ4n) is 7.78. The van der Waals surface area contributed by atoms with Crippen LogP contribution in [0.2, 0.25) is 10.0 Å². The molecule has 19 heteroatoms. The van der Waals surface area contributed by atoms with E-state index < -0.39 is 5.37 Å². The van der Waals surface area contributed by atoms with Gasteiger partial charge in [0.15, 0.2) is 0 Å². The van der Waals surface area contributed by atoms with E-state index >= 15 is 0 Å². The van der Waals surface area contributed by atoms with Crippen LogP contribution in [0.4, 0.5) is 9.59 Å². The Morgan fingerprint density at radius 3 is 1.46 bits per heavy atom. The van der Waals surface area contributed by atoms with Crippen LogP contribution >= 0.6 is 34.8 Å². The molecule has 0 aliphatic carbocycles. The zero-order valence-electron chi connectivity index (χ0n) is 35.1. The third-order valence-corrected chi connectivity index (χ3v) is 12.4. The minimum Gasteiger partial charge on any atom is -0.339 e. The summed E-state index contributed by atoms with van der Waals surface area (Å²) in [5.74, 6) is 0.126. The molecule has 4 aromatic rings. The van der Waals surface area contributed by atoms with Crippen LogP contribution in [-0.2, 0) is 13.1 Å². The largest absolute Gasteiger partial charge is 0.344 e. The van der Waals surface area contributed by atoms with E-state index in [9.17, 15) is 19.2 Å². The van der Waals surface area contributed by atoms with Gasteiger partial charge in [0.1, 0.15) is 12.1 Å². The Bertz CT molecular complexity index is 2260. The van der Waals surface area contributed by atoms with Gasteiger partial charge in [-0.1, -0.05) is 35.3 Å². The number of aromatic amines is 1. The first-order valence-corrected chi connectivity index (χ1v) is 22.3. The van der Waals surface area contributed by atoms with E-state index in [1.54, 1.807) is 28.1 Å². The molecule has 2 aromatic carbocycles. The van der Waals surface area contributed by atoms with Crippen molar-refractivity contribution in [3.63, 3.8) is 0 Å². The second-order valence-corrected chi connectivity index (χ2v) is 16.9. The molecule has 0 saturated carbocycles. The number of H-pyrrole nitrogens is 1. The van der Waals surface area contributed by atoms with Crippen molar-refractivity contribution < 1.29 is 19.2 Å². The van der Waals surface area contributed by atoms with E-state index in [0.717, 1.165) is 76.1 Å². The van der Waals surface area contributed by atoms with Crippen molar-refractivity contribution in [3.05, 3.63) is 105 Å². The van der Waals surface area contributed by atoms with Crippen LogP contribution in [0.3, 0.4) is 0 Å². The van der Waals surface area contributed by atoms with Crippen LogP contribution in [0, 0.1) is 22.7 Å². The first kappa shape index (κ1) is 47.0. The quantitative estimate of drug-likeness (QED) is 0.165. The molecule has 4 aliphatic rings. The molecule has 0 bridgehead atoms. The SMILES string of the molecule is N#Cc1cn[nH]c1.N#Cc1cnn(C(=O)N2CCN(Cc3ccc(C(=O)N4CCCCC4)cc3Cl)CC2)c1.O=C(Cl)N1CCN(Cc2ccc(C(=O)N3CCCCC3)cc2Cl)CC1. The number of carbonyl (C=O) groups is 4. The topological polar surface area (TPSA) is 182 Å². The highest BCUT2D eigenvalue weighted by Gasteiger charge is 2.25. The Morgan fingerprint density at radius 2 is 1.08 bits per heavy atom. The summed E-state index contributed by atoms with van der Waals surface area (Å²) in [6.07, 6.45) is 12.5. The van der Waals surface area contributed by atoms with Gasteiger partial charge in [-0.05, 0) is 85.5 Å². The highest BCUT2D eigenvalue weighted by atomic mass is 35.5. The van der Waals surface area contributed by atoms with Gasteiger partial charge in [-0.15, -0.1) is 0 Å². The molecular weight excluding hydrogens is 867 g/mol. The molecule has 4 fully saturated rings. The fourth-order valence-corrected chi connectivity index (χ4v) is 8.43. The van der Waals surface area contributed by atoms with E-state index in [0.29, 0.717) is 84.7 Å². The summed E-state index contributed by atoms with van der Waals surface area (Å²) in [5, 5.41) is 27.8. The predicted molar refractivity (Wildman–Crippen MR) is 238 cm³/mol. The molecule has 0 radical (unpaired) electrons. The summed E-state index contributed by atoms with van der Waals surface area (Å²) >= 11 is 18.4. The summed E-state index contributed by atoms with van der Waals surface area (Å²) in [7, 11) is 0. The van der Waals surface area contributed by atoms with Gasteiger partial charge in [0.2, 0.25) is 0 Å². The number of likely N-dealkylation sites (tertiary alicyclic amines) is 2. The molecule has 4 saturated heterocycles. The van der Waals surface area contributed by atoms with Crippen LogP contribution in [0.15, 0.2) is 61.2 Å². The van der Waals surface area contributed by atoms with E-state index in [-0.39, 0.29) is 17.8 Å². The van der Waals surface area contributed by atoms with Gasteiger partial charge in [-0.2, -0.15) is 25.4 Å². The molecule has 0 unspecified atom stereocenters. The summed E-state index contributed by atoms with van der Waals surface area (Å²) < 4.78 is 1.21. The summed E-state index contributed by atoms with van der Waals surface area (Å²) in [4.78, 5) is 60.6. The van der Waals surface area contributed by atoms with Crippen LogP contribution < -0.4 is 0 Å². The number of aromatic nitrogens is 4. The zero-order chi connectivity index (χ0) is 44.7. The number of halogens is 3. The van der Waals surface area contributed by atoms with Crippen LogP contribution in [-0.4, -0.2) is 151 Å². The van der Waals surface area contributed by atoms with Gasteiger partial charge in [0.25, 0.3) is 11.8 Å². The maximum absolute atomic E-state index is 12.7. The van der Waals surface area contributed by atoms with Crippen molar-refractivity contribution >= 4 is 58.0 Å². The third kappa shape index (κ3) is 13.3. The van der Waals surface area contributed by atoms with E-state index in [1.807, 2.05) is 46.2 Å². The molecule has 0 atom stereocenters. The van der Waals surface area contributed by atoms with Crippen molar-refractivity contribution in [1.29, 1.82) is 10.5 Å². The van der Waals surface area contributed by atoms with E-state index in [1.165, 1.54) is 36.1 Å². The number of nitriles is 2. The Labute approximate surface area is 382 Å². The van der Waals surface area contributed by atoms with Crippen LogP contribution in [0.25, 0.3) is 0 Å². The van der Waals surface area contributed by atoms with Gasteiger partial charge in [0.05, 0.1) is 29.7 Å². The number of hydrogen-bond acceptors (Lipinski definition) is 10. The molecule has 4 amide bonds. The number of hydrogen-bond donors (Lipinski definition) is 1. The molecule has 2 aromatic heterocycles. The minimum absolute atomic E-state index is 0.0541. The minimum atomic E-state index is -0.390. The van der Waals surface area contributed by atoms with Gasteiger partial charge in [0, 0.05) is 119 Å². The number of benzene rings is 2. The second-order valence-electron chi connectivity index (χ2n) is 15.8. The van der Waals surface area contributed by atoms with E-state index in [4.69, 9.17) is 45.3 Å². The summed E-state index contributed by atoms with van der Waals surface area (Å²) in [6, 6.07) is 14.8. The highest BCUT2D eigenvalue weighted by molar-refractivity contribution is 6.62. The smallest absolute Gasteiger partial charge is 0.339 e. The summed E-state index contributed by atoms with van der Waals surface area (Å²) in [5.41, 5.74) is 4.21. The number of nitrogens with one attached hydrogen (secondary N) is 1. The average molecular weight is 918 g/mol. The van der Waals surface area contributed by atoms with Gasteiger partial charge in [-0.3, -0.25) is 29.3 Å². The standard InChI is InChI=1S/C22H25ClN6O2.C18H23Cl2N3O2.C4H3N3/c23-20-12-18(21(30)27-6-2-1-3-7-27)4-5-19(20)16-26-8-10-28(11-9-26)22(31)29-15-17(13-24)14-25-29;19-16-12-14(17(24)22-6-2-1-3-7-22)4-5-15(16)13-21-8-10-23(11-9-21)18(20)25;5-1-4-2-6-7-3-4/h4-5,12,14-15H,1-3,6-11,16H2;4-5,12H,1-3,6-11,13H2;2-3H,(H,6,7). The second kappa shape index (κ2) is 23.3. The van der Waals surface area contributed by atoms with Crippen molar-refractivity contribution in [2.45, 2.75) is 51.6 Å². The number of amides is 4. The lowest BCUT2D eigenvalue weighted by Gasteiger charge is -2.34. The van der Waals surface area contributed by atoms with Crippen molar-refractivity contribution in [3.8, 4) is 12.1 Å². The number of piperidine rings is 2. The third-order valence-electron chi connectivity index (χ3n) is 11.5. The monoisotopic (exact) mass is 916 g/mol. The lowest BCUT2D eigenvalue weighted by atomic mass is 10.1. The van der Waals surface area contributed by atoms with E-state index in [2.05, 4.69) is 25.1 Å². The normalized spacial score (nSPS) is 17.0. The molecule has 1 N–H and O–H groups in total. The first-order valence-electron chi connectivity index (χ1n) is 21.2. The predicted octanol–water partition coefficient (Wildman–Crippen LogP) is 6.54. The number of rotatable bonds is 6. The molecule has 0 spiro atoms. The van der Waals surface area contributed by atoms with Crippen LogP contribution in [0.5, 0.6) is 0 Å². The number of piperazine rings is 2. The molecule has 4 aliphatic heterocycles. The van der Waals surface area contributed by atoms with Crippen molar-refractivity contribution in [2.75, 3.05) is 78.5 Å². The van der Waals surface area contributed by atoms with Crippen molar-refractivity contribution in [2.24, 2.45) is 0 Å². The lowest BCUT2D eigenvalue weighted by molar-refractivity contribution is 0.0717. The molecule has 6 heterocycles. The summed E-state index contributed by atoms with van der Waals surface area (Å²) in [6.45, 7) is 10.0. The maximum Gasteiger partial charge on any atom is 0.344 e. The van der Waals surface area contributed by atoms with Crippen molar-refractivity contribution in [1.82, 2.24) is 49.4 Å². The van der Waals surface area contributed by atoms with Crippen LogP contribution in [0.1, 0.15) is 81.5 Å². The Morgan fingerprint density at radius 1 is 0.603 bits per heavy atom. The zero-order valence-corrected chi connectivity index (χ0v) is 37.4. The first-order chi connectivity index (χ1) is 30.5. The average Bonchev–Trinajstić information content (AvgIpc) is 4.05. The highest BCUT2D eigenvalue weighted by Crippen LogP contribution is 2.24. The molecule has 63 heavy (non-hydrogen) atoms. The lowest BCUT2D eigenvalue weighted by Crippen LogP contribution is -2.49. The Hall–Kier alpha value is -5.49. The molecule has 332 valence electrons. The Balaban J connectivity index is 0.000000184. The molecule has 8 rings (SSSR count). The maximum atomic E-state index is 12.7. The number of carbonyl (C=O) groups excluding carboxylic acids is 4. The van der Waals surface area contributed by atoms with Gasteiger partial charge < -0.3 is 19.6 Å². The molecule has 16 nitrogen and oxygen atoms in total. The Kier molecular flexibility index (Phi) is 17.4. The van der Waals surface area contributed by atoms with Gasteiger partial charge in [-0.25, -0.2) is 4.79 Å². The van der Waals surface area contributed by atoms with Gasteiger partial charge >= 0.3 is 11.4 Å². The molecular formula is C44H51Cl3N12O4.